The van der Waals surface area contributed by atoms with E-state index in [0.29, 0.717) is 5.69 Å². The van der Waals surface area contributed by atoms with Crippen molar-refractivity contribution in [3.63, 3.8) is 0 Å². The second-order valence-corrected chi connectivity index (χ2v) is 5.67. The molecule has 2 amide bonds. The Morgan fingerprint density at radius 2 is 2.24 bits per heavy atom. The van der Waals surface area contributed by atoms with Gasteiger partial charge >= 0.3 is 0 Å². The van der Waals surface area contributed by atoms with Gasteiger partial charge in [0.05, 0.1) is 0 Å². The lowest BCUT2D eigenvalue weighted by atomic mass is 10.2. The molecule has 0 bridgehead atoms. The number of nitrogens with one attached hydrogen (secondary N) is 1. The number of amides is 2. The van der Waals surface area contributed by atoms with Crippen molar-refractivity contribution in [3.8, 4) is 0 Å². The molecular formula is C13H15N5O2S. The van der Waals surface area contributed by atoms with E-state index in [2.05, 4.69) is 15.3 Å². The minimum Gasteiger partial charge on any atom is -0.370 e. The van der Waals surface area contributed by atoms with Crippen LogP contribution < -0.4 is 16.8 Å². The van der Waals surface area contributed by atoms with Gasteiger partial charge in [0, 0.05) is 12.1 Å². The minimum atomic E-state index is -0.590. The van der Waals surface area contributed by atoms with E-state index >= 15 is 0 Å². The van der Waals surface area contributed by atoms with E-state index in [9.17, 15) is 9.59 Å². The van der Waals surface area contributed by atoms with E-state index in [1.807, 2.05) is 25.1 Å². The second kappa shape index (κ2) is 6.40. The summed E-state index contributed by atoms with van der Waals surface area (Å²) in [6.45, 7) is 1.93. The molecule has 1 aromatic carbocycles. The summed E-state index contributed by atoms with van der Waals surface area (Å²) < 4.78 is 0. The molecule has 5 N–H and O–H groups in total. The molecule has 0 aromatic heterocycles. The van der Waals surface area contributed by atoms with Crippen LogP contribution in [0, 0.1) is 6.92 Å². The highest BCUT2D eigenvalue weighted by Gasteiger charge is 2.30. The molecule has 110 valence electrons. The summed E-state index contributed by atoms with van der Waals surface area (Å²) in [5, 5.41) is 2.34. The smallest absolute Gasteiger partial charge is 0.262 e. The first-order chi connectivity index (χ1) is 9.94. The number of hydrogen-bond acceptors (Lipinski definition) is 4. The maximum atomic E-state index is 11.9. The molecule has 0 spiro atoms. The zero-order valence-electron chi connectivity index (χ0n) is 11.4. The Kier molecular flexibility index (Phi) is 4.59. The van der Waals surface area contributed by atoms with Crippen LogP contribution in [0.2, 0.25) is 0 Å². The van der Waals surface area contributed by atoms with Crippen LogP contribution in [-0.4, -0.2) is 28.2 Å². The van der Waals surface area contributed by atoms with Crippen molar-refractivity contribution in [2.45, 2.75) is 18.6 Å². The van der Waals surface area contributed by atoms with Crippen LogP contribution in [-0.2, 0) is 9.59 Å². The highest BCUT2D eigenvalue weighted by molar-refractivity contribution is 8.15. The number of thioether (sulfide) groups is 1. The van der Waals surface area contributed by atoms with Gasteiger partial charge in [-0.25, -0.2) is 0 Å². The first-order valence-electron chi connectivity index (χ1n) is 6.19. The van der Waals surface area contributed by atoms with Crippen LogP contribution in [0.3, 0.4) is 0 Å². The summed E-state index contributed by atoms with van der Waals surface area (Å²) in [6, 6.07) is 7.42. The lowest BCUT2D eigenvalue weighted by Crippen LogP contribution is -2.23. The van der Waals surface area contributed by atoms with Crippen molar-refractivity contribution in [1.82, 2.24) is 0 Å². The zero-order chi connectivity index (χ0) is 15.4. The SMILES string of the molecule is Cc1cccc(NC(=O)C[C@H]2SC(N=C(N)N)=NC2=O)c1. The van der Waals surface area contributed by atoms with Gasteiger partial charge in [0.25, 0.3) is 5.91 Å². The number of nitrogens with two attached hydrogens (primary N) is 2. The van der Waals surface area contributed by atoms with Crippen LogP contribution >= 0.6 is 11.8 Å². The predicted octanol–water partition coefficient (Wildman–Crippen LogP) is 0.595. The Balaban J connectivity index is 1.93. The van der Waals surface area contributed by atoms with Crippen LogP contribution in [0.15, 0.2) is 34.3 Å². The fourth-order valence-electron chi connectivity index (χ4n) is 1.76. The summed E-state index contributed by atoms with van der Waals surface area (Å²) in [4.78, 5) is 31.0. The van der Waals surface area contributed by atoms with Gasteiger partial charge in [-0.1, -0.05) is 23.9 Å². The average molecular weight is 305 g/mol. The van der Waals surface area contributed by atoms with Crippen molar-refractivity contribution in [1.29, 1.82) is 0 Å². The Bertz CT molecular complexity index is 637. The molecule has 21 heavy (non-hydrogen) atoms. The number of anilines is 1. The van der Waals surface area contributed by atoms with E-state index in [-0.39, 0.29) is 23.5 Å². The van der Waals surface area contributed by atoms with Crippen molar-refractivity contribution in [3.05, 3.63) is 29.8 Å². The first-order valence-corrected chi connectivity index (χ1v) is 7.07. The summed E-state index contributed by atoms with van der Waals surface area (Å²) in [5.41, 5.74) is 12.2. The number of hydrogen-bond donors (Lipinski definition) is 3. The standard InChI is InChI=1S/C13H15N5O2S/c1-7-3-2-4-8(5-7)16-10(19)6-9-11(20)17-13(21-9)18-12(14)15/h2-5,9H,6H2,1H3,(H,16,19)(H4,14,15,17,18,20)/t9-/m1/s1. The van der Waals surface area contributed by atoms with Crippen LogP contribution in [0.5, 0.6) is 0 Å². The average Bonchev–Trinajstić information content (AvgIpc) is 2.68. The van der Waals surface area contributed by atoms with E-state index in [0.717, 1.165) is 17.3 Å². The van der Waals surface area contributed by atoms with Crippen molar-refractivity contribution in [2.24, 2.45) is 21.5 Å². The van der Waals surface area contributed by atoms with Gasteiger partial charge in [0.2, 0.25) is 5.91 Å². The molecule has 0 aliphatic carbocycles. The molecule has 0 radical (unpaired) electrons. The normalized spacial score (nSPS) is 17.3. The van der Waals surface area contributed by atoms with Gasteiger partial charge in [-0.2, -0.15) is 9.98 Å². The molecule has 0 unspecified atom stereocenters. The van der Waals surface area contributed by atoms with Crippen molar-refractivity contribution >= 4 is 40.4 Å². The molecular weight excluding hydrogens is 290 g/mol. The lowest BCUT2D eigenvalue weighted by Gasteiger charge is -2.08. The number of nitrogens with zero attached hydrogens (tertiary/aromatic N) is 2. The monoisotopic (exact) mass is 305 g/mol. The summed E-state index contributed by atoms with van der Waals surface area (Å²) in [5.74, 6) is -0.828. The zero-order valence-corrected chi connectivity index (χ0v) is 12.2. The van der Waals surface area contributed by atoms with Gasteiger partial charge in [-0.3, -0.25) is 9.59 Å². The third-order valence-corrected chi connectivity index (χ3v) is 3.67. The first kappa shape index (κ1) is 15.0. The molecule has 0 saturated carbocycles. The molecule has 1 aliphatic heterocycles. The number of amidine groups is 1. The molecule has 8 heteroatoms. The third-order valence-electron chi connectivity index (χ3n) is 2.63. The molecule has 1 aromatic rings. The van der Waals surface area contributed by atoms with E-state index < -0.39 is 11.2 Å². The minimum absolute atomic E-state index is 0.0183. The van der Waals surface area contributed by atoms with E-state index in [1.54, 1.807) is 6.07 Å². The molecule has 7 nitrogen and oxygen atoms in total. The number of guanidine groups is 1. The number of carbonyl (C=O) groups excluding carboxylic acids is 2. The van der Waals surface area contributed by atoms with Crippen LogP contribution in [0.25, 0.3) is 0 Å². The van der Waals surface area contributed by atoms with E-state index in [1.165, 1.54) is 0 Å². The number of aliphatic imine (C=N–C) groups is 2. The van der Waals surface area contributed by atoms with Gasteiger partial charge in [0.1, 0.15) is 5.25 Å². The number of carbonyl (C=O) groups is 2. The molecule has 0 fully saturated rings. The fourth-order valence-corrected chi connectivity index (χ4v) is 2.71. The van der Waals surface area contributed by atoms with Crippen molar-refractivity contribution in [2.75, 3.05) is 5.32 Å². The molecule has 2 rings (SSSR count). The fraction of sp³-hybridized carbons (Fsp3) is 0.231. The number of rotatable bonds is 3. The van der Waals surface area contributed by atoms with E-state index in [4.69, 9.17) is 11.5 Å². The number of aryl methyl sites for hydroxylation is 1. The second-order valence-electron chi connectivity index (χ2n) is 4.50. The quantitative estimate of drug-likeness (QED) is 0.557. The molecule has 0 saturated heterocycles. The Morgan fingerprint density at radius 1 is 1.48 bits per heavy atom. The Morgan fingerprint density at radius 3 is 2.90 bits per heavy atom. The van der Waals surface area contributed by atoms with Gasteiger partial charge in [-0.05, 0) is 24.6 Å². The van der Waals surface area contributed by atoms with Crippen molar-refractivity contribution < 1.29 is 9.59 Å². The predicted molar refractivity (Wildman–Crippen MR) is 84.1 cm³/mol. The van der Waals surface area contributed by atoms with Gasteiger partial charge in [-0.15, -0.1) is 0 Å². The van der Waals surface area contributed by atoms with Crippen LogP contribution in [0.1, 0.15) is 12.0 Å². The maximum absolute atomic E-state index is 11.9. The topological polar surface area (TPSA) is 123 Å². The molecule has 1 aliphatic rings. The molecule has 1 atom stereocenters. The highest BCUT2D eigenvalue weighted by Crippen LogP contribution is 2.26. The lowest BCUT2D eigenvalue weighted by molar-refractivity contribution is -0.121. The summed E-state index contributed by atoms with van der Waals surface area (Å²) in [7, 11) is 0. The Labute approximate surface area is 125 Å². The number of benzene rings is 1. The van der Waals surface area contributed by atoms with Gasteiger partial charge < -0.3 is 16.8 Å². The highest BCUT2D eigenvalue weighted by atomic mass is 32.2. The van der Waals surface area contributed by atoms with Gasteiger partial charge in [0.15, 0.2) is 11.1 Å². The summed E-state index contributed by atoms with van der Waals surface area (Å²) in [6.07, 6.45) is 0.0183. The molecule has 1 heterocycles. The third kappa shape index (κ3) is 4.32. The largest absolute Gasteiger partial charge is 0.370 e. The summed E-state index contributed by atoms with van der Waals surface area (Å²) >= 11 is 1.08. The Hall–Kier alpha value is -2.35. The maximum Gasteiger partial charge on any atom is 0.262 e. The van der Waals surface area contributed by atoms with Crippen LogP contribution in [0.4, 0.5) is 5.69 Å².